The Morgan fingerprint density at radius 3 is 2.20 bits per heavy atom. The summed E-state index contributed by atoms with van der Waals surface area (Å²) in [6, 6.07) is 6.06. The van der Waals surface area contributed by atoms with E-state index >= 15 is 0 Å². The Morgan fingerprint density at radius 1 is 1.10 bits per heavy atom. The summed E-state index contributed by atoms with van der Waals surface area (Å²) < 4.78 is 0. The number of ketones is 1. The number of hydrogen-bond donors (Lipinski definition) is 0. The molecule has 7 heteroatoms. The van der Waals surface area contributed by atoms with Crippen molar-refractivity contribution in [1.82, 2.24) is 5.06 Å². The maximum absolute atomic E-state index is 12.0. The molecule has 1 aliphatic heterocycles. The van der Waals surface area contributed by atoms with Crippen LogP contribution in [0, 0.1) is 0 Å². The second-order valence-corrected chi connectivity index (χ2v) is 4.62. The maximum Gasteiger partial charge on any atom is 0.364 e. The lowest BCUT2D eigenvalue weighted by Crippen LogP contribution is -2.32. The van der Waals surface area contributed by atoms with Crippen molar-refractivity contribution in [3.05, 3.63) is 35.4 Å². The number of hydrogen-bond acceptors (Lipinski definition) is 5. The minimum Gasteiger partial charge on any atom is -0.325 e. The van der Waals surface area contributed by atoms with Gasteiger partial charge in [-0.1, -0.05) is 34.1 Å². The molecule has 0 aromatic heterocycles. The molecule has 0 unspecified atom stereocenters. The fourth-order valence-corrected chi connectivity index (χ4v) is 2.07. The van der Waals surface area contributed by atoms with Gasteiger partial charge in [-0.15, -0.1) is 5.06 Å². The van der Waals surface area contributed by atoms with E-state index in [1.165, 1.54) is 12.1 Å². The molecular weight excluding hydrogens is 330 g/mol. The summed E-state index contributed by atoms with van der Waals surface area (Å²) in [5, 5.41) is 0.511. The standard InChI is InChI=1S/C13H10BrNO5/c14-7-10(16)8-3-1-2-4-9(8)13(19)20-15-11(17)5-6-12(15)18/h1-4H,5-7H2. The van der Waals surface area contributed by atoms with Gasteiger partial charge in [-0.2, -0.15) is 0 Å². The van der Waals surface area contributed by atoms with Gasteiger partial charge in [-0.3, -0.25) is 14.4 Å². The van der Waals surface area contributed by atoms with E-state index < -0.39 is 17.8 Å². The quantitative estimate of drug-likeness (QED) is 0.471. The number of benzene rings is 1. The van der Waals surface area contributed by atoms with E-state index in [-0.39, 0.29) is 35.1 Å². The van der Waals surface area contributed by atoms with Gasteiger partial charge >= 0.3 is 5.97 Å². The number of carbonyl (C=O) groups is 4. The molecule has 1 fully saturated rings. The number of carbonyl (C=O) groups excluding carboxylic acids is 4. The highest BCUT2D eigenvalue weighted by Crippen LogP contribution is 2.17. The lowest BCUT2D eigenvalue weighted by molar-refractivity contribution is -0.172. The summed E-state index contributed by atoms with van der Waals surface area (Å²) in [4.78, 5) is 51.2. The Morgan fingerprint density at radius 2 is 1.65 bits per heavy atom. The molecule has 0 spiro atoms. The third-order valence-corrected chi connectivity index (χ3v) is 3.26. The number of hydroxylamine groups is 2. The van der Waals surface area contributed by atoms with Gasteiger partial charge in [-0.25, -0.2) is 4.79 Å². The molecule has 20 heavy (non-hydrogen) atoms. The molecule has 1 aromatic carbocycles. The first-order valence-electron chi connectivity index (χ1n) is 5.81. The van der Waals surface area contributed by atoms with Crippen LogP contribution in [0.3, 0.4) is 0 Å². The van der Waals surface area contributed by atoms with E-state index in [1.54, 1.807) is 12.1 Å². The molecule has 1 heterocycles. The van der Waals surface area contributed by atoms with Crippen molar-refractivity contribution in [3.8, 4) is 0 Å². The number of alkyl halides is 1. The largest absolute Gasteiger partial charge is 0.364 e. The Kier molecular flexibility index (Phi) is 4.29. The summed E-state index contributed by atoms with van der Waals surface area (Å²) in [7, 11) is 0. The fraction of sp³-hybridized carbons (Fsp3) is 0.231. The molecule has 0 saturated carbocycles. The van der Waals surface area contributed by atoms with E-state index in [4.69, 9.17) is 4.84 Å². The van der Waals surface area contributed by atoms with Crippen LogP contribution in [0.25, 0.3) is 0 Å². The summed E-state index contributed by atoms with van der Waals surface area (Å²) in [5.41, 5.74) is 0.193. The Hall–Kier alpha value is -2.02. The normalized spacial score (nSPS) is 14.6. The van der Waals surface area contributed by atoms with Gasteiger partial charge in [0.2, 0.25) is 0 Å². The van der Waals surface area contributed by atoms with Crippen LogP contribution in [0.1, 0.15) is 33.6 Å². The van der Waals surface area contributed by atoms with Gasteiger partial charge in [0.25, 0.3) is 11.8 Å². The lowest BCUT2D eigenvalue weighted by atomic mass is 10.0. The second-order valence-electron chi connectivity index (χ2n) is 4.06. The summed E-state index contributed by atoms with van der Waals surface area (Å²) >= 11 is 3.02. The average molecular weight is 340 g/mol. The van der Waals surface area contributed by atoms with Gasteiger partial charge in [0.05, 0.1) is 10.9 Å². The van der Waals surface area contributed by atoms with E-state index in [1.807, 2.05) is 0 Å². The molecule has 1 aromatic rings. The van der Waals surface area contributed by atoms with E-state index in [0.717, 1.165) is 0 Å². The molecule has 0 radical (unpaired) electrons. The number of halogens is 1. The van der Waals surface area contributed by atoms with E-state index in [9.17, 15) is 19.2 Å². The summed E-state index contributed by atoms with van der Waals surface area (Å²) in [6.45, 7) is 0. The Bertz CT molecular complexity index is 582. The topological polar surface area (TPSA) is 80.8 Å². The van der Waals surface area contributed by atoms with Crippen molar-refractivity contribution in [1.29, 1.82) is 0 Å². The van der Waals surface area contributed by atoms with Gasteiger partial charge in [0, 0.05) is 18.4 Å². The smallest absolute Gasteiger partial charge is 0.325 e. The number of amides is 2. The van der Waals surface area contributed by atoms with Gasteiger partial charge < -0.3 is 4.84 Å². The fourth-order valence-electron chi connectivity index (χ4n) is 1.77. The first-order chi connectivity index (χ1) is 9.54. The van der Waals surface area contributed by atoms with Gasteiger partial charge in [-0.05, 0) is 6.07 Å². The molecule has 6 nitrogen and oxygen atoms in total. The summed E-state index contributed by atoms with van der Waals surface area (Å²) in [6.07, 6.45) is 0.0438. The molecule has 2 amide bonds. The van der Waals surface area contributed by atoms with Crippen LogP contribution in [-0.2, 0) is 14.4 Å². The Balaban J connectivity index is 2.24. The number of nitrogens with zero attached hydrogens (tertiary/aromatic N) is 1. The van der Waals surface area contributed by atoms with E-state index in [0.29, 0.717) is 5.06 Å². The molecule has 2 rings (SSSR count). The number of imide groups is 1. The predicted octanol–water partition coefficient (Wildman–Crippen LogP) is 1.49. The molecule has 104 valence electrons. The zero-order valence-corrected chi connectivity index (χ0v) is 11.9. The molecule has 0 N–H and O–H groups in total. The first kappa shape index (κ1) is 14.4. The zero-order valence-electron chi connectivity index (χ0n) is 10.3. The monoisotopic (exact) mass is 339 g/mol. The van der Waals surface area contributed by atoms with Crippen LogP contribution in [0.5, 0.6) is 0 Å². The van der Waals surface area contributed by atoms with Crippen LogP contribution in [0.15, 0.2) is 24.3 Å². The third kappa shape index (κ3) is 2.77. The third-order valence-electron chi connectivity index (χ3n) is 2.75. The molecule has 0 aliphatic carbocycles. The predicted molar refractivity (Wildman–Crippen MR) is 71.1 cm³/mol. The highest BCUT2D eigenvalue weighted by Gasteiger charge is 2.33. The van der Waals surface area contributed by atoms with Crippen LogP contribution in [0.2, 0.25) is 0 Å². The van der Waals surface area contributed by atoms with Crippen LogP contribution in [-0.4, -0.2) is 34.0 Å². The zero-order chi connectivity index (χ0) is 14.7. The second kappa shape index (κ2) is 5.96. The van der Waals surface area contributed by atoms with Crippen LogP contribution < -0.4 is 0 Å². The minimum absolute atomic E-state index is 0.0180. The van der Waals surface area contributed by atoms with Crippen molar-refractivity contribution >= 4 is 39.5 Å². The Labute approximate surface area is 122 Å². The van der Waals surface area contributed by atoms with Crippen molar-refractivity contribution in [2.45, 2.75) is 12.8 Å². The van der Waals surface area contributed by atoms with E-state index in [2.05, 4.69) is 15.9 Å². The summed E-state index contributed by atoms with van der Waals surface area (Å²) in [5.74, 6) is -2.32. The highest BCUT2D eigenvalue weighted by atomic mass is 79.9. The average Bonchev–Trinajstić information content (AvgIpc) is 2.78. The van der Waals surface area contributed by atoms with Crippen molar-refractivity contribution in [2.24, 2.45) is 0 Å². The minimum atomic E-state index is -0.904. The highest BCUT2D eigenvalue weighted by molar-refractivity contribution is 9.09. The van der Waals surface area contributed by atoms with Crippen molar-refractivity contribution < 1.29 is 24.0 Å². The van der Waals surface area contributed by atoms with Crippen molar-refractivity contribution in [2.75, 3.05) is 5.33 Å². The molecule has 0 bridgehead atoms. The number of Topliss-reactive ketones (excluding diaryl/α,β-unsaturated/α-hetero) is 1. The van der Waals surface area contributed by atoms with Crippen molar-refractivity contribution in [3.63, 3.8) is 0 Å². The number of rotatable bonds is 4. The lowest BCUT2D eigenvalue weighted by Gasteiger charge is -2.13. The molecule has 1 aliphatic rings. The molecular formula is C13H10BrNO5. The van der Waals surface area contributed by atoms with Crippen LogP contribution in [0.4, 0.5) is 0 Å². The van der Waals surface area contributed by atoms with Gasteiger partial charge in [0.15, 0.2) is 5.78 Å². The van der Waals surface area contributed by atoms with Crippen LogP contribution >= 0.6 is 15.9 Å². The molecule has 0 atom stereocenters. The maximum atomic E-state index is 12.0. The SMILES string of the molecule is O=C(CBr)c1ccccc1C(=O)ON1C(=O)CCC1=O. The van der Waals surface area contributed by atoms with Gasteiger partial charge in [0.1, 0.15) is 0 Å². The first-order valence-corrected chi connectivity index (χ1v) is 6.93. The molecule has 1 saturated heterocycles.